The summed E-state index contributed by atoms with van der Waals surface area (Å²) < 4.78 is 84.6. The summed E-state index contributed by atoms with van der Waals surface area (Å²) in [5, 5.41) is 9.37. The lowest BCUT2D eigenvalue weighted by molar-refractivity contribution is -0.150. The molecule has 3 rings (SSSR count). The zero-order chi connectivity index (χ0) is 26.0. The normalized spacial score (nSPS) is 11.7. The van der Waals surface area contributed by atoms with Crippen LogP contribution < -0.4 is 9.64 Å². The number of alkyl halides is 6. The standard InChI is InChI=1S/C21H14F6N4O4/c1-35-18-17(11-2-5-28-6-3-11)13(4-7-29-18)31(10-16(32)33)19(34)12-8-14(20(22,23)24)30-15(9-12)21(25,26)27/h2-9H,10H2,1H3,(H,32,33). The van der Waals surface area contributed by atoms with E-state index < -0.39 is 47.7 Å². The summed E-state index contributed by atoms with van der Waals surface area (Å²) in [5.74, 6) is -3.12. The number of ether oxygens (including phenoxy) is 1. The molecule has 1 N–H and O–H groups in total. The first-order valence-electron chi connectivity index (χ1n) is 9.46. The quantitative estimate of drug-likeness (QED) is 0.503. The summed E-state index contributed by atoms with van der Waals surface area (Å²) in [6, 6.07) is 4.34. The summed E-state index contributed by atoms with van der Waals surface area (Å²) in [4.78, 5) is 35.7. The van der Waals surface area contributed by atoms with Crippen molar-refractivity contribution in [3.8, 4) is 17.0 Å². The number of carboxylic acid groups (broad SMARTS) is 1. The Morgan fingerprint density at radius 1 is 0.971 bits per heavy atom. The van der Waals surface area contributed by atoms with Crippen LogP contribution in [0.5, 0.6) is 5.88 Å². The van der Waals surface area contributed by atoms with Gasteiger partial charge in [0.05, 0.1) is 18.4 Å². The van der Waals surface area contributed by atoms with Crippen molar-refractivity contribution in [2.45, 2.75) is 12.4 Å². The third-order valence-electron chi connectivity index (χ3n) is 4.54. The highest BCUT2D eigenvalue weighted by atomic mass is 19.4. The van der Waals surface area contributed by atoms with Gasteiger partial charge in [0.1, 0.15) is 17.9 Å². The first kappa shape index (κ1) is 25.4. The lowest BCUT2D eigenvalue weighted by atomic mass is 10.0. The lowest BCUT2D eigenvalue weighted by Gasteiger charge is -2.25. The molecule has 0 aromatic carbocycles. The predicted octanol–water partition coefficient (Wildman–Crippen LogP) is 4.32. The fraction of sp³-hybridized carbons (Fsp3) is 0.190. The minimum atomic E-state index is -5.31. The number of amides is 1. The van der Waals surface area contributed by atoms with E-state index >= 15 is 0 Å². The third-order valence-corrected chi connectivity index (χ3v) is 4.54. The molecule has 0 radical (unpaired) electrons. The molecule has 0 spiro atoms. The topological polar surface area (TPSA) is 106 Å². The fourth-order valence-electron chi connectivity index (χ4n) is 3.10. The number of pyridine rings is 3. The number of carboxylic acids is 1. The number of carbonyl (C=O) groups is 2. The van der Waals surface area contributed by atoms with Gasteiger partial charge in [-0.05, 0) is 35.9 Å². The molecule has 0 fully saturated rings. The van der Waals surface area contributed by atoms with Crippen LogP contribution in [0.3, 0.4) is 0 Å². The number of aliphatic carboxylic acids is 1. The summed E-state index contributed by atoms with van der Waals surface area (Å²) in [6.45, 7) is -1.10. The van der Waals surface area contributed by atoms with Crippen LogP contribution in [0.15, 0.2) is 48.9 Å². The molecule has 1 amide bonds. The second kappa shape index (κ2) is 9.56. The van der Waals surface area contributed by atoms with Crippen molar-refractivity contribution in [2.24, 2.45) is 0 Å². The number of methoxy groups -OCH3 is 1. The van der Waals surface area contributed by atoms with E-state index in [2.05, 4.69) is 15.0 Å². The number of hydrogen-bond acceptors (Lipinski definition) is 6. The number of halogens is 6. The Kier molecular flexibility index (Phi) is 6.94. The molecular formula is C21H14F6N4O4. The lowest BCUT2D eigenvalue weighted by Crippen LogP contribution is -2.36. The predicted molar refractivity (Wildman–Crippen MR) is 108 cm³/mol. The molecule has 3 heterocycles. The van der Waals surface area contributed by atoms with Crippen molar-refractivity contribution >= 4 is 17.6 Å². The molecule has 35 heavy (non-hydrogen) atoms. The Labute approximate surface area is 192 Å². The zero-order valence-corrected chi connectivity index (χ0v) is 17.6. The van der Waals surface area contributed by atoms with Crippen LogP contribution in [-0.4, -0.2) is 45.6 Å². The maximum atomic E-state index is 13.2. The number of rotatable bonds is 6. The van der Waals surface area contributed by atoms with Gasteiger partial charge < -0.3 is 9.84 Å². The molecule has 8 nitrogen and oxygen atoms in total. The summed E-state index contributed by atoms with van der Waals surface area (Å²) in [7, 11) is 1.23. The Morgan fingerprint density at radius 3 is 2.03 bits per heavy atom. The van der Waals surface area contributed by atoms with Gasteiger partial charge in [-0.15, -0.1) is 0 Å². The van der Waals surface area contributed by atoms with Crippen LogP contribution in [0.1, 0.15) is 21.7 Å². The number of hydrogen-bond donors (Lipinski definition) is 1. The highest BCUT2D eigenvalue weighted by molar-refractivity contribution is 6.10. The summed E-state index contributed by atoms with van der Waals surface area (Å²) in [5.41, 5.74) is -4.79. The SMILES string of the molecule is COc1nccc(N(CC(=O)O)C(=O)c2cc(C(F)(F)F)nc(C(F)(F)F)c2)c1-c1ccncc1. The number of anilines is 1. The van der Waals surface area contributed by atoms with Gasteiger partial charge in [-0.1, -0.05) is 0 Å². The van der Waals surface area contributed by atoms with Crippen LogP contribution in [-0.2, 0) is 17.1 Å². The molecule has 0 saturated heterocycles. The van der Waals surface area contributed by atoms with Gasteiger partial charge in [-0.2, -0.15) is 26.3 Å². The van der Waals surface area contributed by atoms with Gasteiger partial charge in [0.25, 0.3) is 5.91 Å². The largest absolute Gasteiger partial charge is 0.480 e. The second-order valence-electron chi connectivity index (χ2n) is 6.86. The van der Waals surface area contributed by atoms with E-state index in [0.717, 1.165) is 6.20 Å². The molecule has 3 aromatic heterocycles. The maximum Gasteiger partial charge on any atom is 0.433 e. The smallest absolute Gasteiger partial charge is 0.433 e. The molecular weight excluding hydrogens is 486 g/mol. The first-order valence-corrected chi connectivity index (χ1v) is 9.46. The van der Waals surface area contributed by atoms with E-state index in [1.165, 1.54) is 37.7 Å². The Balaban J connectivity index is 2.26. The number of nitrogens with zero attached hydrogens (tertiary/aromatic N) is 4. The second-order valence-corrected chi connectivity index (χ2v) is 6.86. The van der Waals surface area contributed by atoms with Crippen LogP contribution >= 0.6 is 0 Å². The van der Waals surface area contributed by atoms with Crippen molar-refractivity contribution in [2.75, 3.05) is 18.6 Å². The van der Waals surface area contributed by atoms with Crippen molar-refractivity contribution in [1.82, 2.24) is 15.0 Å². The molecule has 184 valence electrons. The molecule has 0 aliphatic rings. The first-order chi connectivity index (χ1) is 16.3. The molecule has 0 saturated carbocycles. The van der Waals surface area contributed by atoms with Crippen LogP contribution in [0.2, 0.25) is 0 Å². The van der Waals surface area contributed by atoms with E-state index in [1.807, 2.05) is 0 Å². The number of carbonyl (C=O) groups excluding carboxylic acids is 1. The average molecular weight is 500 g/mol. The monoisotopic (exact) mass is 500 g/mol. The number of aromatic nitrogens is 3. The Hall–Kier alpha value is -4.23. The summed E-state index contributed by atoms with van der Waals surface area (Å²) >= 11 is 0. The molecule has 0 unspecified atom stereocenters. The molecule has 0 bridgehead atoms. The van der Waals surface area contributed by atoms with Crippen molar-refractivity contribution < 1.29 is 45.8 Å². The average Bonchev–Trinajstić information content (AvgIpc) is 2.80. The van der Waals surface area contributed by atoms with Gasteiger partial charge in [0, 0.05) is 24.2 Å². The van der Waals surface area contributed by atoms with Gasteiger partial charge in [-0.25, -0.2) is 9.97 Å². The third kappa shape index (κ3) is 5.65. The van der Waals surface area contributed by atoms with Crippen LogP contribution in [0.4, 0.5) is 32.0 Å². The Bertz CT molecular complexity index is 1220. The fourth-order valence-corrected chi connectivity index (χ4v) is 3.10. The molecule has 0 atom stereocenters. The molecule has 0 aliphatic carbocycles. The minimum absolute atomic E-state index is 0.0631. The molecule has 3 aromatic rings. The van der Waals surface area contributed by atoms with Gasteiger partial charge in [0.15, 0.2) is 0 Å². The van der Waals surface area contributed by atoms with Gasteiger partial charge in [0.2, 0.25) is 5.88 Å². The Morgan fingerprint density at radius 2 is 1.54 bits per heavy atom. The van der Waals surface area contributed by atoms with Gasteiger partial charge >= 0.3 is 18.3 Å². The van der Waals surface area contributed by atoms with E-state index in [0.29, 0.717) is 10.5 Å². The van der Waals surface area contributed by atoms with E-state index in [-0.39, 0.29) is 29.3 Å². The highest BCUT2D eigenvalue weighted by Crippen LogP contribution is 2.39. The van der Waals surface area contributed by atoms with E-state index in [9.17, 15) is 41.0 Å². The van der Waals surface area contributed by atoms with Crippen LogP contribution in [0, 0.1) is 0 Å². The molecule has 0 aliphatic heterocycles. The van der Waals surface area contributed by atoms with E-state index in [4.69, 9.17) is 4.74 Å². The van der Waals surface area contributed by atoms with Crippen LogP contribution in [0.25, 0.3) is 11.1 Å². The summed E-state index contributed by atoms with van der Waals surface area (Å²) in [6.07, 6.45) is -6.76. The molecule has 14 heteroatoms. The van der Waals surface area contributed by atoms with E-state index in [1.54, 1.807) is 0 Å². The minimum Gasteiger partial charge on any atom is -0.480 e. The van der Waals surface area contributed by atoms with Crippen molar-refractivity contribution in [1.29, 1.82) is 0 Å². The van der Waals surface area contributed by atoms with Crippen molar-refractivity contribution in [3.05, 3.63) is 65.9 Å². The van der Waals surface area contributed by atoms with Gasteiger partial charge in [-0.3, -0.25) is 19.5 Å². The highest BCUT2D eigenvalue weighted by Gasteiger charge is 2.40. The maximum absolute atomic E-state index is 13.2. The zero-order valence-electron chi connectivity index (χ0n) is 17.6. The van der Waals surface area contributed by atoms with Crippen molar-refractivity contribution in [3.63, 3.8) is 0 Å².